The number of hydrogen-bond donors (Lipinski definition) is 1. The van der Waals surface area contributed by atoms with Crippen LogP contribution in [-0.4, -0.2) is 9.55 Å². The van der Waals surface area contributed by atoms with Crippen molar-refractivity contribution in [1.29, 1.82) is 0 Å². The van der Waals surface area contributed by atoms with Gasteiger partial charge in [-0.15, -0.1) is 0 Å². The topological polar surface area (TPSA) is 29.9 Å². The average Bonchev–Trinajstić information content (AvgIpc) is 3.01. The monoisotopic (exact) mass is 361 g/mol. The number of halogens is 1. The van der Waals surface area contributed by atoms with Crippen LogP contribution in [0.25, 0.3) is 10.9 Å². The van der Waals surface area contributed by atoms with Gasteiger partial charge in [0.15, 0.2) is 0 Å². The summed E-state index contributed by atoms with van der Waals surface area (Å²) in [5, 5.41) is 5.58. The lowest BCUT2D eigenvalue weighted by atomic mass is 10.1. The number of para-hydroxylation sites is 1. The van der Waals surface area contributed by atoms with Crippen molar-refractivity contribution in [2.75, 3.05) is 0 Å². The maximum Gasteiger partial charge on any atom is 0.0486 e. The first-order valence-corrected chi connectivity index (χ1v) is 9.08. The molecule has 0 radical (unpaired) electrons. The van der Waals surface area contributed by atoms with Crippen molar-refractivity contribution in [3.63, 3.8) is 0 Å². The lowest BCUT2D eigenvalue weighted by Crippen LogP contribution is -2.12. The van der Waals surface area contributed by atoms with Gasteiger partial charge < -0.3 is 9.88 Å². The van der Waals surface area contributed by atoms with Gasteiger partial charge in [0, 0.05) is 54.2 Å². The Morgan fingerprint density at radius 3 is 2.65 bits per heavy atom. The predicted octanol–water partition coefficient (Wildman–Crippen LogP) is 5.03. The fraction of sp³-hybridized carbons (Fsp3) is 0.136. The molecule has 4 rings (SSSR count). The third-order valence-corrected chi connectivity index (χ3v) is 4.72. The molecule has 0 saturated carbocycles. The molecular formula is C22H20ClN3. The van der Waals surface area contributed by atoms with Crippen LogP contribution in [0.4, 0.5) is 0 Å². The third-order valence-electron chi connectivity index (χ3n) is 4.48. The number of hydrogen-bond acceptors (Lipinski definition) is 2. The van der Waals surface area contributed by atoms with Gasteiger partial charge in [-0.3, -0.25) is 4.98 Å². The first kappa shape index (κ1) is 16.8. The van der Waals surface area contributed by atoms with Gasteiger partial charge in [0.1, 0.15) is 0 Å². The van der Waals surface area contributed by atoms with Crippen LogP contribution in [0, 0.1) is 0 Å². The molecule has 130 valence electrons. The summed E-state index contributed by atoms with van der Waals surface area (Å²) in [6.07, 6.45) is 5.93. The zero-order valence-corrected chi connectivity index (χ0v) is 15.2. The molecule has 4 heteroatoms. The lowest BCUT2D eigenvalue weighted by molar-refractivity contribution is 0.690. The van der Waals surface area contributed by atoms with Crippen molar-refractivity contribution >= 4 is 22.5 Å². The number of pyridine rings is 1. The molecule has 2 aromatic heterocycles. The Bertz CT molecular complexity index is 1010. The Morgan fingerprint density at radius 1 is 0.923 bits per heavy atom. The maximum atomic E-state index is 6.14. The minimum atomic E-state index is 0.775. The van der Waals surface area contributed by atoms with Crippen molar-refractivity contribution < 1.29 is 0 Å². The summed E-state index contributed by atoms with van der Waals surface area (Å²) in [6.45, 7) is 2.43. The van der Waals surface area contributed by atoms with E-state index in [9.17, 15) is 0 Å². The number of fused-ring (bicyclic) bond motifs is 1. The van der Waals surface area contributed by atoms with Crippen LogP contribution in [-0.2, 0) is 19.6 Å². The van der Waals surface area contributed by atoms with E-state index < -0.39 is 0 Å². The van der Waals surface area contributed by atoms with Gasteiger partial charge in [-0.1, -0.05) is 48.0 Å². The highest BCUT2D eigenvalue weighted by Gasteiger charge is 2.08. The Hall–Kier alpha value is -2.62. The maximum absolute atomic E-state index is 6.14. The van der Waals surface area contributed by atoms with Gasteiger partial charge >= 0.3 is 0 Å². The molecule has 0 amide bonds. The molecule has 0 spiro atoms. The smallest absolute Gasteiger partial charge is 0.0486 e. The Kier molecular flexibility index (Phi) is 5.00. The molecule has 0 aliphatic heterocycles. The van der Waals surface area contributed by atoms with Crippen molar-refractivity contribution in [3.8, 4) is 0 Å². The SMILES string of the molecule is Clc1cccc(Cn2cc(CNCc3cccnc3)c3ccccc32)c1. The summed E-state index contributed by atoms with van der Waals surface area (Å²) < 4.78 is 2.29. The van der Waals surface area contributed by atoms with Crippen LogP contribution < -0.4 is 5.32 Å². The molecule has 1 N–H and O–H groups in total. The normalized spacial score (nSPS) is 11.1. The van der Waals surface area contributed by atoms with Crippen LogP contribution in [0.15, 0.2) is 79.3 Å². The van der Waals surface area contributed by atoms with Crippen molar-refractivity contribution in [2.24, 2.45) is 0 Å². The van der Waals surface area contributed by atoms with E-state index in [2.05, 4.69) is 57.5 Å². The number of rotatable bonds is 6. The highest BCUT2D eigenvalue weighted by molar-refractivity contribution is 6.30. The highest BCUT2D eigenvalue weighted by Crippen LogP contribution is 2.23. The minimum Gasteiger partial charge on any atom is -0.343 e. The van der Waals surface area contributed by atoms with Crippen LogP contribution in [0.5, 0.6) is 0 Å². The molecule has 2 heterocycles. The Morgan fingerprint density at radius 2 is 1.81 bits per heavy atom. The van der Waals surface area contributed by atoms with Gasteiger partial charge in [0.05, 0.1) is 0 Å². The molecule has 0 aliphatic rings. The third kappa shape index (κ3) is 3.79. The van der Waals surface area contributed by atoms with Crippen LogP contribution in [0.2, 0.25) is 5.02 Å². The zero-order valence-electron chi connectivity index (χ0n) is 14.4. The molecule has 26 heavy (non-hydrogen) atoms. The summed E-state index contributed by atoms with van der Waals surface area (Å²) in [4.78, 5) is 4.16. The molecule has 0 atom stereocenters. The van der Waals surface area contributed by atoms with Crippen LogP contribution in [0.1, 0.15) is 16.7 Å². The number of nitrogens with one attached hydrogen (secondary N) is 1. The van der Waals surface area contributed by atoms with Crippen LogP contribution >= 0.6 is 11.6 Å². The lowest BCUT2D eigenvalue weighted by Gasteiger charge is -2.06. The molecule has 0 saturated heterocycles. The number of benzene rings is 2. The summed E-state index contributed by atoms with van der Waals surface area (Å²) in [5.41, 5.74) is 4.93. The highest BCUT2D eigenvalue weighted by atomic mass is 35.5. The molecule has 0 bridgehead atoms. The van der Waals surface area contributed by atoms with Gasteiger partial charge in [-0.25, -0.2) is 0 Å². The Balaban J connectivity index is 1.55. The van der Waals surface area contributed by atoms with Crippen molar-refractivity contribution in [1.82, 2.24) is 14.9 Å². The minimum absolute atomic E-state index is 0.775. The van der Waals surface area contributed by atoms with Crippen LogP contribution in [0.3, 0.4) is 0 Å². The van der Waals surface area contributed by atoms with E-state index in [-0.39, 0.29) is 0 Å². The van der Waals surface area contributed by atoms with E-state index in [1.54, 1.807) is 6.20 Å². The van der Waals surface area contributed by atoms with Crippen molar-refractivity contribution in [2.45, 2.75) is 19.6 Å². The second-order valence-electron chi connectivity index (χ2n) is 6.39. The molecule has 3 nitrogen and oxygen atoms in total. The fourth-order valence-corrected chi connectivity index (χ4v) is 3.48. The molecular weight excluding hydrogens is 342 g/mol. The second-order valence-corrected chi connectivity index (χ2v) is 6.83. The largest absolute Gasteiger partial charge is 0.343 e. The second kappa shape index (κ2) is 7.73. The quantitative estimate of drug-likeness (QED) is 0.522. The zero-order chi connectivity index (χ0) is 17.8. The van der Waals surface area contributed by atoms with E-state index >= 15 is 0 Å². The van der Waals surface area contributed by atoms with Crippen molar-refractivity contribution in [3.05, 3.63) is 101 Å². The molecule has 0 fully saturated rings. The first-order valence-electron chi connectivity index (χ1n) is 8.70. The number of nitrogens with zero attached hydrogens (tertiary/aromatic N) is 2. The number of aromatic nitrogens is 2. The van der Waals surface area contributed by atoms with E-state index in [4.69, 9.17) is 11.6 Å². The van der Waals surface area contributed by atoms with Gasteiger partial charge in [0.25, 0.3) is 0 Å². The molecule has 0 unspecified atom stereocenters. The average molecular weight is 362 g/mol. The Labute approximate surface area is 158 Å². The van der Waals surface area contributed by atoms with E-state index in [0.29, 0.717) is 0 Å². The van der Waals surface area contributed by atoms with E-state index in [1.807, 2.05) is 30.5 Å². The van der Waals surface area contributed by atoms with Gasteiger partial charge in [0.2, 0.25) is 0 Å². The standard InChI is InChI=1S/C22H20ClN3/c23-20-7-3-5-17(11-20)15-26-16-19(21-8-1-2-9-22(21)26)14-25-13-18-6-4-10-24-12-18/h1-12,16,25H,13-15H2. The molecule has 0 aliphatic carbocycles. The van der Waals surface area contributed by atoms with Gasteiger partial charge in [-0.05, 0) is 41.0 Å². The predicted molar refractivity (Wildman–Crippen MR) is 107 cm³/mol. The fourth-order valence-electron chi connectivity index (χ4n) is 3.27. The first-order chi connectivity index (χ1) is 12.8. The molecule has 4 aromatic rings. The summed E-state index contributed by atoms with van der Waals surface area (Å²) in [7, 11) is 0. The van der Waals surface area contributed by atoms with Gasteiger partial charge in [-0.2, -0.15) is 0 Å². The summed E-state index contributed by atoms with van der Waals surface area (Å²) >= 11 is 6.14. The van der Waals surface area contributed by atoms with E-state index in [1.165, 1.54) is 27.6 Å². The summed E-state index contributed by atoms with van der Waals surface area (Å²) in [6, 6.07) is 20.6. The molecule has 2 aromatic carbocycles. The summed E-state index contributed by atoms with van der Waals surface area (Å²) in [5.74, 6) is 0. The van der Waals surface area contributed by atoms with E-state index in [0.717, 1.165) is 24.7 Å².